The summed E-state index contributed by atoms with van der Waals surface area (Å²) in [6.07, 6.45) is 5.01. The van der Waals surface area contributed by atoms with Crippen LogP contribution in [0.3, 0.4) is 0 Å². The molecule has 1 aromatic heterocycles. The van der Waals surface area contributed by atoms with Gasteiger partial charge in [-0.1, -0.05) is 23.7 Å². The number of nitrogens with zero attached hydrogens (tertiary/aromatic N) is 2. The van der Waals surface area contributed by atoms with Crippen LogP contribution in [0.5, 0.6) is 0 Å². The molecule has 0 saturated carbocycles. The molecule has 4 heteroatoms. The summed E-state index contributed by atoms with van der Waals surface area (Å²) in [6.45, 7) is 9.48. The van der Waals surface area contributed by atoms with Gasteiger partial charge in [-0.3, -0.25) is 4.68 Å². The Hall–Kier alpha value is -1.32. The second kappa shape index (κ2) is 6.63. The molecule has 3 nitrogen and oxygen atoms in total. The normalized spacial score (nSPS) is 13.4. The molecule has 0 spiro atoms. The van der Waals surface area contributed by atoms with Gasteiger partial charge >= 0.3 is 0 Å². The van der Waals surface area contributed by atoms with E-state index in [2.05, 4.69) is 50.4 Å². The number of hydrogen-bond acceptors (Lipinski definition) is 2. The first kappa shape index (κ1) is 16.1. The highest BCUT2D eigenvalue weighted by molar-refractivity contribution is 6.30. The molecule has 0 amide bonds. The van der Waals surface area contributed by atoms with Crippen LogP contribution < -0.4 is 5.32 Å². The zero-order valence-electron chi connectivity index (χ0n) is 13.2. The Morgan fingerprint density at radius 3 is 2.67 bits per heavy atom. The van der Waals surface area contributed by atoms with E-state index in [1.54, 1.807) is 0 Å². The van der Waals surface area contributed by atoms with Crippen molar-refractivity contribution in [3.05, 3.63) is 52.8 Å². The Bertz CT molecular complexity index is 584. The summed E-state index contributed by atoms with van der Waals surface area (Å²) in [5, 5.41) is 8.75. The van der Waals surface area contributed by atoms with Crippen LogP contribution in [0.25, 0.3) is 0 Å². The average molecular weight is 306 g/mol. The topological polar surface area (TPSA) is 29.9 Å². The maximum atomic E-state index is 6.02. The molecular weight excluding hydrogens is 282 g/mol. The van der Waals surface area contributed by atoms with Gasteiger partial charge in [0.2, 0.25) is 0 Å². The minimum absolute atomic E-state index is 0.0324. The Morgan fingerprint density at radius 1 is 1.29 bits per heavy atom. The molecule has 0 radical (unpaired) electrons. The van der Waals surface area contributed by atoms with Gasteiger partial charge < -0.3 is 5.32 Å². The third-order valence-electron chi connectivity index (χ3n) is 3.41. The molecule has 0 bridgehead atoms. The maximum Gasteiger partial charge on any atom is 0.0543 e. The maximum absolute atomic E-state index is 6.02. The summed E-state index contributed by atoms with van der Waals surface area (Å²) in [7, 11) is 0. The fourth-order valence-corrected chi connectivity index (χ4v) is 2.41. The molecule has 0 saturated heterocycles. The number of aromatic nitrogens is 2. The Labute approximate surface area is 132 Å². The van der Waals surface area contributed by atoms with Crippen LogP contribution in [-0.2, 0) is 18.5 Å². The van der Waals surface area contributed by atoms with E-state index in [0.717, 1.165) is 18.0 Å². The van der Waals surface area contributed by atoms with Crippen LogP contribution in [0.4, 0.5) is 0 Å². The van der Waals surface area contributed by atoms with Gasteiger partial charge in [0.05, 0.1) is 11.7 Å². The predicted octanol–water partition coefficient (Wildman–Crippen LogP) is 4.01. The SMILES string of the molecule is CC(Cc1cccc(Cl)c1)NCc1cnn(C(C)(C)C)c1. The molecule has 21 heavy (non-hydrogen) atoms. The largest absolute Gasteiger partial charge is 0.310 e. The second-order valence-corrected chi connectivity index (χ2v) is 7.02. The second-order valence-electron chi connectivity index (χ2n) is 6.58. The summed E-state index contributed by atoms with van der Waals surface area (Å²) in [6, 6.07) is 8.43. The minimum atomic E-state index is 0.0324. The van der Waals surface area contributed by atoms with E-state index >= 15 is 0 Å². The number of nitrogens with one attached hydrogen (secondary N) is 1. The third-order valence-corrected chi connectivity index (χ3v) is 3.64. The predicted molar refractivity (Wildman–Crippen MR) is 88.7 cm³/mol. The van der Waals surface area contributed by atoms with E-state index < -0.39 is 0 Å². The zero-order valence-corrected chi connectivity index (χ0v) is 14.0. The van der Waals surface area contributed by atoms with Gasteiger partial charge in [-0.2, -0.15) is 5.10 Å². The number of halogens is 1. The molecule has 2 rings (SSSR count). The van der Waals surface area contributed by atoms with Crippen LogP contribution in [0, 0.1) is 0 Å². The van der Waals surface area contributed by atoms with Crippen LogP contribution in [0.1, 0.15) is 38.8 Å². The molecule has 0 aliphatic carbocycles. The van der Waals surface area contributed by atoms with Crippen molar-refractivity contribution in [2.45, 2.75) is 52.2 Å². The lowest BCUT2D eigenvalue weighted by Gasteiger charge is -2.18. The molecule has 114 valence electrons. The van der Waals surface area contributed by atoms with Crippen molar-refractivity contribution in [2.24, 2.45) is 0 Å². The lowest BCUT2D eigenvalue weighted by molar-refractivity contribution is 0.355. The van der Waals surface area contributed by atoms with Crippen molar-refractivity contribution in [3.63, 3.8) is 0 Å². The molecule has 0 fully saturated rings. The standard InChI is InChI=1S/C17H24ClN3/c1-13(8-14-6-5-7-16(18)9-14)19-10-15-11-20-21(12-15)17(2,3)4/h5-7,9,11-13,19H,8,10H2,1-4H3. The van der Waals surface area contributed by atoms with Crippen LogP contribution in [0.15, 0.2) is 36.7 Å². The van der Waals surface area contributed by atoms with Crippen molar-refractivity contribution >= 4 is 11.6 Å². The first-order chi connectivity index (χ1) is 9.84. The smallest absolute Gasteiger partial charge is 0.0543 e. The van der Waals surface area contributed by atoms with Crippen LogP contribution in [-0.4, -0.2) is 15.8 Å². The molecular formula is C17H24ClN3. The molecule has 1 unspecified atom stereocenters. The van der Waals surface area contributed by atoms with E-state index in [0.29, 0.717) is 6.04 Å². The van der Waals surface area contributed by atoms with E-state index in [4.69, 9.17) is 11.6 Å². The van der Waals surface area contributed by atoms with Gasteiger partial charge in [0.15, 0.2) is 0 Å². The van der Waals surface area contributed by atoms with Crippen molar-refractivity contribution in [1.29, 1.82) is 0 Å². The number of hydrogen-bond donors (Lipinski definition) is 1. The summed E-state index contributed by atoms with van der Waals surface area (Å²) in [5.74, 6) is 0. The third kappa shape index (κ3) is 4.87. The van der Waals surface area contributed by atoms with Gasteiger partial charge in [-0.15, -0.1) is 0 Å². The van der Waals surface area contributed by atoms with Gasteiger partial charge in [0.1, 0.15) is 0 Å². The lowest BCUT2D eigenvalue weighted by atomic mass is 10.1. The summed E-state index contributed by atoms with van der Waals surface area (Å²) in [5.41, 5.74) is 2.50. The van der Waals surface area contributed by atoms with E-state index in [1.165, 1.54) is 11.1 Å². The first-order valence-corrected chi connectivity index (χ1v) is 7.74. The molecule has 1 atom stereocenters. The van der Waals surface area contributed by atoms with Crippen molar-refractivity contribution in [2.75, 3.05) is 0 Å². The highest BCUT2D eigenvalue weighted by Gasteiger charge is 2.14. The lowest BCUT2D eigenvalue weighted by Crippen LogP contribution is -2.27. The highest BCUT2D eigenvalue weighted by atomic mass is 35.5. The summed E-state index contributed by atoms with van der Waals surface area (Å²) in [4.78, 5) is 0. The van der Waals surface area contributed by atoms with Crippen molar-refractivity contribution in [1.82, 2.24) is 15.1 Å². The molecule has 2 aromatic rings. The monoisotopic (exact) mass is 305 g/mol. The minimum Gasteiger partial charge on any atom is -0.310 e. The molecule has 1 N–H and O–H groups in total. The number of rotatable bonds is 5. The van der Waals surface area contributed by atoms with E-state index in [1.807, 2.05) is 29.1 Å². The van der Waals surface area contributed by atoms with Gasteiger partial charge in [0.25, 0.3) is 0 Å². The van der Waals surface area contributed by atoms with Crippen molar-refractivity contribution < 1.29 is 0 Å². The molecule has 0 aliphatic rings. The van der Waals surface area contributed by atoms with E-state index in [9.17, 15) is 0 Å². The fourth-order valence-electron chi connectivity index (χ4n) is 2.20. The van der Waals surface area contributed by atoms with Gasteiger partial charge in [-0.25, -0.2) is 0 Å². The average Bonchev–Trinajstić information content (AvgIpc) is 2.85. The summed E-state index contributed by atoms with van der Waals surface area (Å²) >= 11 is 6.02. The Balaban J connectivity index is 1.86. The van der Waals surface area contributed by atoms with Gasteiger partial charge in [0, 0.05) is 29.4 Å². The van der Waals surface area contributed by atoms with Crippen molar-refractivity contribution in [3.8, 4) is 0 Å². The summed E-state index contributed by atoms with van der Waals surface area (Å²) < 4.78 is 2.01. The fraction of sp³-hybridized carbons (Fsp3) is 0.471. The molecule has 1 heterocycles. The van der Waals surface area contributed by atoms with Crippen LogP contribution >= 0.6 is 11.6 Å². The quantitative estimate of drug-likeness (QED) is 0.904. The van der Waals surface area contributed by atoms with Gasteiger partial charge in [-0.05, 0) is 51.8 Å². The Morgan fingerprint density at radius 2 is 2.05 bits per heavy atom. The Kier molecular flexibility index (Phi) is 5.07. The number of benzene rings is 1. The molecule has 1 aromatic carbocycles. The molecule has 0 aliphatic heterocycles. The zero-order chi connectivity index (χ0) is 15.5. The van der Waals surface area contributed by atoms with Crippen LogP contribution in [0.2, 0.25) is 5.02 Å². The van der Waals surface area contributed by atoms with E-state index in [-0.39, 0.29) is 5.54 Å². The highest BCUT2D eigenvalue weighted by Crippen LogP contribution is 2.14. The first-order valence-electron chi connectivity index (χ1n) is 7.36.